The third kappa shape index (κ3) is 2.15. The van der Waals surface area contributed by atoms with Crippen LogP contribution in [0.4, 0.5) is 0 Å². The number of hydrogen-bond donors (Lipinski definition) is 1. The Hall–Kier alpha value is -1.16. The Kier molecular flexibility index (Phi) is 2.40. The van der Waals surface area contributed by atoms with Crippen LogP contribution in [0.15, 0.2) is 16.9 Å². The minimum absolute atomic E-state index is 0.156. The van der Waals surface area contributed by atoms with Crippen molar-refractivity contribution in [3.8, 4) is 0 Å². The molecule has 0 aliphatic carbocycles. The summed E-state index contributed by atoms with van der Waals surface area (Å²) in [6, 6.07) is 3.25. The first-order valence-corrected chi connectivity index (χ1v) is 4.51. The zero-order valence-electron chi connectivity index (χ0n) is 7.32. The molecule has 1 saturated heterocycles. The maximum Gasteiger partial charge on any atom is 0.264 e. The number of nitrogens with one attached hydrogen (secondary N) is 1. The Morgan fingerprint density at radius 3 is 3.15 bits per heavy atom. The van der Waals surface area contributed by atoms with Crippen LogP contribution in [0.3, 0.4) is 0 Å². The van der Waals surface area contributed by atoms with Gasteiger partial charge in [-0.2, -0.15) is 5.10 Å². The molecule has 1 N–H and O–H groups in total. The van der Waals surface area contributed by atoms with Gasteiger partial charge in [-0.3, -0.25) is 4.79 Å². The van der Waals surface area contributed by atoms with Crippen LogP contribution in [-0.2, 0) is 11.2 Å². The number of hydrogen-bond acceptors (Lipinski definition) is 3. The smallest absolute Gasteiger partial charge is 0.264 e. The van der Waals surface area contributed by atoms with Gasteiger partial charge < -0.3 is 4.74 Å². The summed E-state index contributed by atoms with van der Waals surface area (Å²) in [4.78, 5) is 10.7. The van der Waals surface area contributed by atoms with Gasteiger partial charge in [0.1, 0.15) is 0 Å². The zero-order valence-corrected chi connectivity index (χ0v) is 7.32. The van der Waals surface area contributed by atoms with Crippen LogP contribution < -0.4 is 5.56 Å². The van der Waals surface area contributed by atoms with Crippen LogP contribution in [0.1, 0.15) is 18.5 Å². The lowest BCUT2D eigenvalue weighted by Gasteiger charge is -2.06. The SMILES string of the molecule is O=c1ccc(CC2CCCO2)n[nH]1. The molecule has 0 amide bonds. The van der Waals surface area contributed by atoms with E-state index in [4.69, 9.17) is 4.74 Å². The molecular formula is C9H12N2O2. The zero-order chi connectivity index (χ0) is 9.10. The van der Waals surface area contributed by atoms with Crippen LogP contribution in [0.2, 0.25) is 0 Å². The van der Waals surface area contributed by atoms with Crippen LogP contribution in [-0.4, -0.2) is 22.9 Å². The van der Waals surface area contributed by atoms with Gasteiger partial charge in [0.25, 0.3) is 5.56 Å². The fourth-order valence-electron chi connectivity index (χ4n) is 1.53. The maximum absolute atomic E-state index is 10.7. The molecule has 1 aliphatic heterocycles. The summed E-state index contributed by atoms with van der Waals surface area (Å²) in [6.07, 6.45) is 3.32. The topological polar surface area (TPSA) is 55.0 Å². The number of ether oxygens (including phenoxy) is 1. The molecular weight excluding hydrogens is 168 g/mol. The molecule has 1 unspecified atom stereocenters. The first-order valence-electron chi connectivity index (χ1n) is 4.51. The van der Waals surface area contributed by atoms with Gasteiger partial charge in [-0.25, -0.2) is 5.10 Å². The van der Waals surface area contributed by atoms with Gasteiger partial charge in [-0.05, 0) is 18.9 Å². The van der Waals surface area contributed by atoms with E-state index in [-0.39, 0.29) is 5.56 Å². The summed E-state index contributed by atoms with van der Waals surface area (Å²) < 4.78 is 5.46. The normalized spacial score (nSPS) is 22.0. The number of rotatable bonds is 2. The molecule has 2 heterocycles. The highest BCUT2D eigenvalue weighted by molar-refractivity contribution is 5.01. The quantitative estimate of drug-likeness (QED) is 0.720. The minimum atomic E-state index is -0.156. The molecule has 0 saturated carbocycles. The van der Waals surface area contributed by atoms with Gasteiger partial charge in [0, 0.05) is 19.1 Å². The largest absolute Gasteiger partial charge is 0.378 e. The molecule has 1 aliphatic rings. The number of nitrogens with zero attached hydrogens (tertiary/aromatic N) is 1. The number of aromatic nitrogens is 2. The Morgan fingerprint density at radius 1 is 1.62 bits per heavy atom. The van der Waals surface area contributed by atoms with Crippen molar-refractivity contribution in [1.82, 2.24) is 10.2 Å². The molecule has 1 aromatic heterocycles. The second-order valence-corrected chi connectivity index (χ2v) is 3.25. The van der Waals surface area contributed by atoms with Crippen molar-refractivity contribution in [3.05, 3.63) is 28.2 Å². The Bertz CT molecular complexity index is 308. The van der Waals surface area contributed by atoms with E-state index in [2.05, 4.69) is 10.2 Å². The van der Waals surface area contributed by atoms with E-state index in [1.54, 1.807) is 6.07 Å². The van der Waals surface area contributed by atoms with Crippen molar-refractivity contribution in [1.29, 1.82) is 0 Å². The molecule has 0 aromatic carbocycles. The van der Waals surface area contributed by atoms with E-state index in [0.717, 1.165) is 31.6 Å². The predicted molar refractivity (Wildman–Crippen MR) is 47.5 cm³/mol. The van der Waals surface area contributed by atoms with E-state index in [0.29, 0.717) is 6.10 Å². The molecule has 0 bridgehead atoms. The third-order valence-electron chi connectivity index (χ3n) is 2.20. The van der Waals surface area contributed by atoms with Crippen LogP contribution in [0, 0.1) is 0 Å². The van der Waals surface area contributed by atoms with E-state index < -0.39 is 0 Å². The first kappa shape index (κ1) is 8.44. The van der Waals surface area contributed by atoms with Crippen molar-refractivity contribution in [2.24, 2.45) is 0 Å². The van der Waals surface area contributed by atoms with Crippen molar-refractivity contribution >= 4 is 0 Å². The second kappa shape index (κ2) is 3.70. The lowest BCUT2D eigenvalue weighted by Crippen LogP contribution is -2.13. The van der Waals surface area contributed by atoms with E-state index in [1.165, 1.54) is 6.07 Å². The first-order chi connectivity index (χ1) is 6.34. The summed E-state index contributed by atoms with van der Waals surface area (Å²) in [5, 5.41) is 6.34. The highest BCUT2D eigenvalue weighted by atomic mass is 16.5. The minimum Gasteiger partial charge on any atom is -0.378 e. The van der Waals surface area contributed by atoms with Gasteiger partial charge in [0.05, 0.1) is 11.8 Å². The van der Waals surface area contributed by atoms with Crippen LogP contribution in [0.5, 0.6) is 0 Å². The van der Waals surface area contributed by atoms with E-state index >= 15 is 0 Å². The predicted octanol–water partition coefficient (Wildman–Crippen LogP) is 0.491. The average molecular weight is 180 g/mol. The van der Waals surface area contributed by atoms with Gasteiger partial charge in [0.15, 0.2) is 0 Å². The highest BCUT2D eigenvalue weighted by Crippen LogP contribution is 2.15. The Morgan fingerprint density at radius 2 is 2.54 bits per heavy atom. The average Bonchev–Trinajstić information content (AvgIpc) is 2.62. The molecule has 1 fully saturated rings. The highest BCUT2D eigenvalue weighted by Gasteiger charge is 2.16. The lowest BCUT2D eigenvalue weighted by molar-refractivity contribution is 0.110. The summed E-state index contributed by atoms with van der Waals surface area (Å²) in [5.41, 5.74) is 0.739. The standard InChI is InChI=1S/C9H12N2O2/c12-9-4-3-7(10-11-9)6-8-2-1-5-13-8/h3-4,8H,1-2,5-6H2,(H,11,12). The summed E-state index contributed by atoms with van der Waals surface area (Å²) >= 11 is 0. The Balaban J connectivity index is 2.00. The fourth-order valence-corrected chi connectivity index (χ4v) is 1.53. The number of aromatic amines is 1. The Labute approximate surface area is 75.9 Å². The molecule has 4 heteroatoms. The van der Waals surface area contributed by atoms with Crippen molar-refractivity contribution in [3.63, 3.8) is 0 Å². The van der Waals surface area contributed by atoms with Gasteiger partial charge >= 0.3 is 0 Å². The number of H-pyrrole nitrogens is 1. The molecule has 1 aromatic rings. The van der Waals surface area contributed by atoms with Gasteiger partial charge in [0.2, 0.25) is 0 Å². The fraction of sp³-hybridized carbons (Fsp3) is 0.556. The van der Waals surface area contributed by atoms with Crippen LogP contribution >= 0.6 is 0 Å². The van der Waals surface area contributed by atoms with E-state index in [1.807, 2.05) is 0 Å². The molecule has 13 heavy (non-hydrogen) atoms. The van der Waals surface area contributed by atoms with Crippen molar-refractivity contribution in [2.45, 2.75) is 25.4 Å². The summed E-state index contributed by atoms with van der Waals surface area (Å²) in [7, 11) is 0. The molecule has 0 spiro atoms. The van der Waals surface area contributed by atoms with Crippen molar-refractivity contribution in [2.75, 3.05) is 6.61 Å². The maximum atomic E-state index is 10.7. The third-order valence-corrected chi connectivity index (χ3v) is 2.20. The monoisotopic (exact) mass is 180 g/mol. The van der Waals surface area contributed by atoms with E-state index in [9.17, 15) is 4.79 Å². The van der Waals surface area contributed by atoms with Crippen molar-refractivity contribution < 1.29 is 4.74 Å². The molecule has 2 rings (SSSR count). The summed E-state index contributed by atoms with van der Waals surface area (Å²) in [6.45, 7) is 0.855. The molecule has 0 radical (unpaired) electrons. The molecule has 4 nitrogen and oxygen atoms in total. The van der Waals surface area contributed by atoms with Gasteiger partial charge in [-0.15, -0.1) is 0 Å². The van der Waals surface area contributed by atoms with Crippen LogP contribution in [0.25, 0.3) is 0 Å². The summed E-state index contributed by atoms with van der Waals surface area (Å²) in [5.74, 6) is 0. The second-order valence-electron chi connectivity index (χ2n) is 3.25. The lowest BCUT2D eigenvalue weighted by atomic mass is 10.1. The molecule has 1 atom stereocenters. The molecule has 70 valence electrons. The van der Waals surface area contributed by atoms with Gasteiger partial charge in [-0.1, -0.05) is 0 Å².